The minimum atomic E-state index is 0.271. The molecule has 0 radical (unpaired) electrons. The van der Waals surface area contributed by atoms with Gasteiger partial charge in [-0.3, -0.25) is 0 Å². The van der Waals surface area contributed by atoms with E-state index in [-0.39, 0.29) is 5.54 Å². The van der Waals surface area contributed by atoms with E-state index in [0.717, 1.165) is 6.54 Å². The SMILES string of the molecule is CCCCC(C)(C)CCCNC(C)(C)C. The summed E-state index contributed by atoms with van der Waals surface area (Å²) in [5.41, 5.74) is 0.809. The van der Waals surface area contributed by atoms with Crippen LogP contribution in [0.2, 0.25) is 0 Å². The molecule has 0 aromatic rings. The van der Waals surface area contributed by atoms with Gasteiger partial charge < -0.3 is 5.32 Å². The Hall–Kier alpha value is -0.0400. The highest BCUT2D eigenvalue weighted by atomic mass is 14.9. The molecule has 0 fully saturated rings. The first kappa shape index (κ1) is 15.0. The van der Waals surface area contributed by atoms with Crippen LogP contribution in [-0.4, -0.2) is 12.1 Å². The van der Waals surface area contributed by atoms with Crippen LogP contribution in [0.3, 0.4) is 0 Å². The molecule has 15 heavy (non-hydrogen) atoms. The first-order valence-electron chi connectivity index (χ1n) is 6.52. The molecule has 0 saturated carbocycles. The Morgan fingerprint density at radius 2 is 1.40 bits per heavy atom. The average molecular weight is 213 g/mol. The number of rotatable bonds is 7. The summed E-state index contributed by atoms with van der Waals surface area (Å²) < 4.78 is 0. The van der Waals surface area contributed by atoms with Crippen molar-refractivity contribution >= 4 is 0 Å². The largest absolute Gasteiger partial charge is 0.312 e. The van der Waals surface area contributed by atoms with Gasteiger partial charge in [0.15, 0.2) is 0 Å². The zero-order valence-electron chi connectivity index (χ0n) is 11.7. The number of nitrogens with one attached hydrogen (secondary N) is 1. The molecule has 0 atom stereocenters. The second-order valence-electron chi connectivity index (χ2n) is 6.55. The molecule has 0 aliphatic carbocycles. The lowest BCUT2D eigenvalue weighted by Crippen LogP contribution is -2.36. The highest BCUT2D eigenvalue weighted by Gasteiger charge is 2.16. The maximum atomic E-state index is 3.55. The molecule has 0 saturated heterocycles. The Kier molecular flexibility index (Phi) is 6.51. The third kappa shape index (κ3) is 10.2. The topological polar surface area (TPSA) is 12.0 Å². The molecule has 0 aliphatic rings. The highest BCUT2D eigenvalue weighted by molar-refractivity contribution is 4.73. The highest BCUT2D eigenvalue weighted by Crippen LogP contribution is 2.28. The molecular formula is C14H31N. The van der Waals surface area contributed by atoms with Gasteiger partial charge in [-0.1, -0.05) is 33.6 Å². The molecule has 1 heteroatoms. The average Bonchev–Trinajstić information content (AvgIpc) is 2.08. The van der Waals surface area contributed by atoms with E-state index in [0.29, 0.717) is 5.41 Å². The van der Waals surface area contributed by atoms with Gasteiger partial charge >= 0.3 is 0 Å². The Morgan fingerprint density at radius 1 is 0.867 bits per heavy atom. The van der Waals surface area contributed by atoms with Crippen molar-refractivity contribution in [1.29, 1.82) is 0 Å². The maximum absolute atomic E-state index is 3.55. The van der Waals surface area contributed by atoms with Crippen LogP contribution >= 0.6 is 0 Å². The van der Waals surface area contributed by atoms with Gasteiger partial charge in [-0.25, -0.2) is 0 Å². The minimum absolute atomic E-state index is 0.271. The molecule has 1 nitrogen and oxygen atoms in total. The van der Waals surface area contributed by atoms with Gasteiger partial charge in [-0.2, -0.15) is 0 Å². The third-order valence-corrected chi connectivity index (χ3v) is 2.89. The standard InChI is InChI=1S/C14H31N/c1-7-8-10-14(5,6)11-9-12-15-13(2,3)4/h15H,7-12H2,1-6H3. The quantitative estimate of drug-likeness (QED) is 0.619. The zero-order chi connectivity index (χ0) is 11.9. The van der Waals surface area contributed by atoms with Gasteiger partial charge in [0, 0.05) is 5.54 Å². The van der Waals surface area contributed by atoms with E-state index in [1.165, 1.54) is 32.1 Å². The lowest BCUT2D eigenvalue weighted by molar-refractivity contribution is 0.281. The predicted molar refractivity (Wildman–Crippen MR) is 70.3 cm³/mol. The van der Waals surface area contributed by atoms with E-state index in [4.69, 9.17) is 0 Å². The molecule has 0 aromatic heterocycles. The van der Waals surface area contributed by atoms with Crippen LogP contribution in [0, 0.1) is 5.41 Å². The van der Waals surface area contributed by atoms with E-state index in [1.54, 1.807) is 0 Å². The molecule has 0 spiro atoms. The summed E-state index contributed by atoms with van der Waals surface area (Å²) >= 11 is 0. The second-order valence-corrected chi connectivity index (χ2v) is 6.55. The van der Waals surface area contributed by atoms with Crippen molar-refractivity contribution in [3.8, 4) is 0 Å². The number of unbranched alkanes of at least 4 members (excludes halogenated alkanes) is 1. The second kappa shape index (κ2) is 6.52. The summed E-state index contributed by atoms with van der Waals surface area (Å²) in [6.45, 7) is 14.9. The lowest BCUT2D eigenvalue weighted by atomic mass is 9.83. The Morgan fingerprint density at radius 3 is 1.87 bits per heavy atom. The summed E-state index contributed by atoms with van der Waals surface area (Å²) in [6.07, 6.45) is 6.71. The van der Waals surface area contributed by atoms with Crippen molar-refractivity contribution < 1.29 is 0 Å². The fraction of sp³-hybridized carbons (Fsp3) is 1.00. The summed E-state index contributed by atoms with van der Waals surface area (Å²) in [5, 5.41) is 3.55. The van der Waals surface area contributed by atoms with Crippen LogP contribution in [0.15, 0.2) is 0 Å². The lowest BCUT2D eigenvalue weighted by Gasteiger charge is -2.26. The van der Waals surface area contributed by atoms with Crippen LogP contribution in [0.5, 0.6) is 0 Å². The predicted octanol–water partition coefficient (Wildman–Crippen LogP) is 4.37. The molecule has 0 bridgehead atoms. The Bertz CT molecular complexity index is 153. The molecule has 0 heterocycles. The van der Waals surface area contributed by atoms with Crippen LogP contribution in [-0.2, 0) is 0 Å². The van der Waals surface area contributed by atoms with E-state index in [9.17, 15) is 0 Å². The van der Waals surface area contributed by atoms with Gasteiger partial charge in [-0.15, -0.1) is 0 Å². The van der Waals surface area contributed by atoms with E-state index in [1.807, 2.05) is 0 Å². The van der Waals surface area contributed by atoms with Gasteiger partial charge in [0.2, 0.25) is 0 Å². The van der Waals surface area contributed by atoms with E-state index >= 15 is 0 Å². The molecule has 1 N–H and O–H groups in total. The van der Waals surface area contributed by atoms with E-state index < -0.39 is 0 Å². The van der Waals surface area contributed by atoms with Gasteiger partial charge in [0.1, 0.15) is 0 Å². The summed E-state index contributed by atoms with van der Waals surface area (Å²) in [5.74, 6) is 0. The molecule has 0 aliphatic heterocycles. The first-order valence-corrected chi connectivity index (χ1v) is 6.52. The molecule has 0 unspecified atom stereocenters. The van der Waals surface area contributed by atoms with Crippen molar-refractivity contribution in [1.82, 2.24) is 5.32 Å². The minimum Gasteiger partial charge on any atom is -0.312 e. The van der Waals surface area contributed by atoms with Crippen molar-refractivity contribution in [3.63, 3.8) is 0 Å². The maximum Gasteiger partial charge on any atom is 0.00965 e. The van der Waals surface area contributed by atoms with Crippen molar-refractivity contribution in [2.24, 2.45) is 5.41 Å². The molecule has 0 rings (SSSR count). The number of hydrogen-bond acceptors (Lipinski definition) is 1. The van der Waals surface area contributed by atoms with Crippen molar-refractivity contribution in [2.75, 3.05) is 6.54 Å². The Balaban J connectivity index is 3.57. The van der Waals surface area contributed by atoms with Gasteiger partial charge in [-0.05, 0) is 52.0 Å². The van der Waals surface area contributed by atoms with Crippen molar-refractivity contribution in [2.45, 2.75) is 79.2 Å². The van der Waals surface area contributed by atoms with Crippen LogP contribution in [0.1, 0.15) is 73.6 Å². The van der Waals surface area contributed by atoms with Crippen molar-refractivity contribution in [3.05, 3.63) is 0 Å². The van der Waals surface area contributed by atoms with Gasteiger partial charge in [0.25, 0.3) is 0 Å². The first-order chi connectivity index (χ1) is 6.77. The molecule has 0 amide bonds. The Labute approximate surface area is 97.0 Å². The van der Waals surface area contributed by atoms with Crippen LogP contribution in [0.4, 0.5) is 0 Å². The smallest absolute Gasteiger partial charge is 0.00965 e. The van der Waals surface area contributed by atoms with Gasteiger partial charge in [0.05, 0.1) is 0 Å². The third-order valence-electron chi connectivity index (χ3n) is 2.89. The normalized spacial score (nSPS) is 13.2. The van der Waals surface area contributed by atoms with E-state index in [2.05, 4.69) is 46.9 Å². The fourth-order valence-corrected chi connectivity index (χ4v) is 1.81. The zero-order valence-corrected chi connectivity index (χ0v) is 11.7. The fourth-order valence-electron chi connectivity index (χ4n) is 1.81. The molecule has 0 aromatic carbocycles. The molecular weight excluding hydrogens is 182 g/mol. The monoisotopic (exact) mass is 213 g/mol. The summed E-state index contributed by atoms with van der Waals surface area (Å²) in [6, 6.07) is 0. The van der Waals surface area contributed by atoms with Crippen LogP contribution in [0.25, 0.3) is 0 Å². The summed E-state index contributed by atoms with van der Waals surface area (Å²) in [4.78, 5) is 0. The van der Waals surface area contributed by atoms with Crippen LogP contribution < -0.4 is 5.32 Å². The number of hydrogen-bond donors (Lipinski definition) is 1. The summed E-state index contributed by atoms with van der Waals surface area (Å²) in [7, 11) is 0. The molecule has 92 valence electrons.